The van der Waals surface area contributed by atoms with E-state index in [-0.39, 0.29) is 0 Å². The Morgan fingerprint density at radius 1 is 1.44 bits per heavy atom. The van der Waals surface area contributed by atoms with Crippen molar-refractivity contribution in [3.8, 4) is 0 Å². The summed E-state index contributed by atoms with van der Waals surface area (Å²) in [5.41, 5.74) is 6.06. The standard InChI is InChI=1S/C13H21N3OS/c14-11(18)7-13(3-4-13)9-15-5-6-16-10(8-15)1-2-12(16)17/h10H,1-9H2,(H2,14,18). The molecule has 1 aliphatic carbocycles. The molecule has 3 aliphatic rings. The first-order valence-electron chi connectivity index (χ1n) is 6.88. The number of fused-ring (bicyclic) bond motifs is 1. The molecule has 100 valence electrons. The van der Waals surface area contributed by atoms with Gasteiger partial charge in [0.25, 0.3) is 0 Å². The van der Waals surface area contributed by atoms with Crippen molar-refractivity contribution in [3.63, 3.8) is 0 Å². The van der Waals surface area contributed by atoms with Crippen LogP contribution in [-0.4, -0.2) is 52.9 Å². The second-order valence-electron chi connectivity index (χ2n) is 6.16. The third-order valence-electron chi connectivity index (χ3n) is 4.64. The Labute approximate surface area is 113 Å². The van der Waals surface area contributed by atoms with Gasteiger partial charge in [-0.25, -0.2) is 0 Å². The molecule has 0 spiro atoms. The maximum atomic E-state index is 11.6. The van der Waals surface area contributed by atoms with Crippen LogP contribution >= 0.6 is 12.2 Å². The predicted octanol–water partition coefficient (Wildman–Crippen LogP) is 0.749. The van der Waals surface area contributed by atoms with Gasteiger partial charge >= 0.3 is 0 Å². The van der Waals surface area contributed by atoms with E-state index in [9.17, 15) is 4.79 Å². The van der Waals surface area contributed by atoms with Gasteiger partial charge in [-0.05, 0) is 24.7 Å². The van der Waals surface area contributed by atoms with Crippen molar-refractivity contribution in [3.05, 3.63) is 0 Å². The van der Waals surface area contributed by atoms with Crippen LogP contribution in [-0.2, 0) is 4.79 Å². The molecular weight excluding hydrogens is 246 g/mol. The molecule has 3 fully saturated rings. The molecule has 2 aliphatic heterocycles. The van der Waals surface area contributed by atoms with Crippen molar-refractivity contribution in [2.75, 3.05) is 26.2 Å². The third-order valence-corrected chi connectivity index (χ3v) is 4.79. The summed E-state index contributed by atoms with van der Waals surface area (Å²) in [7, 11) is 0. The van der Waals surface area contributed by atoms with E-state index in [0.717, 1.165) is 45.4 Å². The average Bonchev–Trinajstić information content (AvgIpc) is 2.94. The van der Waals surface area contributed by atoms with Gasteiger partial charge in [-0.15, -0.1) is 0 Å². The van der Waals surface area contributed by atoms with Gasteiger partial charge < -0.3 is 10.6 Å². The van der Waals surface area contributed by atoms with E-state index in [0.29, 0.717) is 22.4 Å². The summed E-state index contributed by atoms with van der Waals surface area (Å²) in [6.07, 6.45) is 5.20. The summed E-state index contributed by atoms with van der Waals surface area (Å²) in [6, 6.07) is 0.465. The fraction of sp³-hybridized carbons (Fsp3) is 0.846. The van der Waals surface area contributed by atoms with Crippen molar-refractivity contribution >= 4 is 23.1 Å². The second-order valence-corrected chi connectivity index (χ2v) is 6.68. The molecule has 4 nitrogen and oxygen atoms in total. The van der Waals surface area contributed by atoms with Crippen LogP contribution in [0.5, 0.6) is 0 Å². The zero-order valence-corrected chi connectivity index (χ0v) is 11.5. The molecule has 3 rings (SSSR count). The van der Waals surface area contributed by atoms with Gasteiger partial charge in [-0.1, -0.05) is 12.2 Å². The van der Waals surface area contributed by atoms with Crippen molar-refractivity contribution < 1.29 is 4.79 Å². The number of carbonyl (C=O) groups is 1. The van der Waals surface area contributed by atoms with Crippen LogP contribution < -0.4 is 5.73 Å². The number of hydrogen-bond acceptors (Lipinski definition) is 3. The van der Waals surface area contributed by atoms with Gasteiger partial charge in [0.1, 0.15) is 0 Å². The number of hydrogen-bond donors (Lipinski definition) is 1. The number of nitrogens with two attached hydrogens (primary N) is 1. The van der Waals surface area contributed by atoms with Crippen LogP contribution in [0.2, 0.25) is 0 Å². The van der Waals surface area contributed by atoms with Gasteiger partial charge in [0.05, 0.1) is 4.99 Å². The Balaban J connectivity index is 1.56. The molecule has 0 aromatic heterocycles. The lowest BCUT2D eigenvalue weighted by Gasteiger charge is -2.39. The third kappa shape index (κ3) is 2.38. The largest absolute Gasteiger partial charge is 0.393 e. The molecule has 0 bridgehead atoms. The van der Waals surface area contributed by atoms with Gasteiger partial charge in [0, 0.05) is 45.1 Å². The Kier molecular flexibility index (Phi) is 3.06. The molecule has 0 aromatic carbocycles. The van der Waals surface area contributed by atoms with Crippen LogP contribution in [0.4, 0.5) is 0 Å². The summed E-state index contributed by atoms with van der Waals surface area (Å²) in [5, 5.41) is 0. The zero-order chi connectivity index (χ0) is 12.8. The van der Waals surface area contributed by atoms with Crippen molar-refractivity contribution in [1.29, 1.82) is 0 Å². The van der Waals surface area contributed by atoms with Crippen LogP contribution in [0, 0.1) is 5.41 Å². The first-order valence-corrected chi connectivity index (χ1v) is 7.29. The molecule has 2 N–H and O–H groups in total. The molecule has 0 aromatic rings. The number of thiocarbonyl (C=S) groups is 1. The lowest BCUT2D eigenvalue weighted by atomic mass is 10.0. The SMILES string of the molecule is NC(=S)CC1(CN2CCN3C(=O)CCC3C2)CC1. The fourth-order valence-electron chi connectivity index (χ4n) is 3.48. The predicted molar refractivity (Wildman–Crippen MR) is 74.2 cm³/mol. The van der Waals surface area contributed by atoms with E-state index in [1.807, 2.05) is 0 Å². The minimum Gasteiger partial charge on any atom is -0.393 e. The number of nitrogens with zero attached hydrogens (tertiary/aromatic N) is 2. The summed E-state index contributed by atoms with van der Waals surface area (Å²) in [4.78, 5) is 16.9. The van der Waals surface area contributed by atoms with Gasteiger partial charge in [-0.3, -0.25) is 9.69 Å². The summed E-state index contributed by atoms with van der Waals surface area (Å²) in [6.45, 7) is 4.08. The highest BCUT2D eigenvalue weighted by Crippen LogP contribution is 2.49. The molecule has 2 saturated heterocycles. The van der Waals surface area contributed by atoms with E-state index in [4.69, 9.17) is 18.0 Å². The molecule has 1 unspecified atom stereocenters. The first-order chi connectivity index (χ1) is 8.58. The molecule has 1 amide bonds. The molecule has 1 saturated carbocycles. The smallest absolute Gasteiger partial charge is 0.222 e. The van der Waals surface area contributed by atoms with Crippen LogP contribution in [0.3, 0.4) is 0 Å². The monoisotopic (exact) mass is 267 g/mol. The Morgan fingerprint density at radius 3 is 2.89 bits per heavy atom. The fourth-order valence-corrected chi connectivity index (χ4v) is 3.79. The molecular formula is C13H21N3OS. The maximum absolute atomic E-state index is 11.6. The quantitative estimate of drug-likeness (QED) is 0.764. The van der Waals surface area contributed by atoms with Crippen molar-refractivity contribution in [1.82, 2.24) is 9.80 Å². The minimum atomic E-state index is 0.351. The highest BCUT2D eigenvalue weighted by atomic mass is 32.1. The topological polar surface area (TPSA) is 49.6 Å². The highest BCUT2D eigenvalue weighted by Gasteiger charge is 2.45. The molecule has 18 heavy (non-hydrogen) atoms. The zero-order valence-electron chi connectivity index (χ0n) is 10.7. The van der Waals surface area contributed by atoms with Crippen LogP contribution in [0.1, 0.15) is 32.1 Å². The molecule has 0 radical (unpaired) electrons. The van der Waals surface area contributed by atoms with E-state index < -0.39 is 0 Å². The van der Waals surface area contributed by atoms with E-state index in [1.165, 1.54) is 12.8 Å². The molecule has 1 atom stereocenters. The van der Waals surface area contributed by atoms with E-state index in [1.54, 1.807) is 0 Å². The van der Waals surface area contributed by atoms with Crippen LogP contribution in [0.25, 0.3) is 0 Å². The lowest BCUT2D eigenvalue weighted by molar-refractivity contribution is -0.130. The van der Waals surface area contributed by atoms with Crippen molar-refractivity contribution in [2.24, 2.45) is 11.1 Å². The summed E-state index contributed by atoms with van der Waals surface area (Å²) >= 11 is 5.05. The van der Waals surface area contributed by atoms with Crippen molar-refractivity contribution in [2.45, 2.75) is 38.1 Å². The maximum Gasteiger partial charge on any atom is 0.222 e. The first kappa shape index (κ1) is 12.4. The number of carbonyl (C=O) groups excluding carboxylic acids is 1. The van der Waals surface area contributed by atoms with Crippen LogP contribution in [0.15, 0.2) is 0 Å². The molecule has 5 heteroatoms. The molecule has 2 heterocycles. The van der Waals surface area contributed by atoms with Gasteiger partial charge in [0.2, 0.25) is 5.91 Å². The number of amides is 1. The highest BCUT2D eigenvalue weighted by molar-refractivity contribution is 7.80. The summed E-state index contributed by atoms with van der Waals surface area (Å²) in [5.74, 6) is 0.351. The minimum absolute atomic E-state index is 0.351. The average molecular weight is 267 g/mol. The lowest BCUT2D eigenvalue weighted by Crippen LogP contribution is -2.52. The van der Waals surface area contributed by atoms with Gasteiger partial charge in [0.15, 0.2) is 0 Å². The number of rotatable bonds is 4. The number of piperazine rings is 1. The normalized spacial score (nSPS) is 30.3. The van der Waals surface area contributed by atoms with Gasteiger partial charge in [-0.2, -0.15) is 0 Å². The Bertz CT molecular complexity index is 380. The Morgan fingerprint density at radius 2 is 2.22 bits per heavy atom. The summed E-state index contributed by atoms with van der Waals surface area (Å²) < 4.78 is 0. The van der Waals surface area contributed by atoms with E-state index in [2.05, 4.69) is 9.80 Å². The van der Waals surface area contributed by atoms with E-state index >= 15 is 0 Å². The Hall–Kier alpha value is -0.680. The second kappa shape index (κ2) is 4.46.